The molecule has 1 aromatic heterocycles. The summed E-state index contributed by atoms with van der Waals surface area (Å²) in [5, 5.41) is 15.4. The first-order valence-corrected chi connectivity index (χ1v) is 6.37. The average molecular weight is 281 g/mol. The van der Waals surface area contributed by atoms with E-state index < -0.39 is 17.3 Å². The maximum absolute atomic E-state index is 11.9. The number of carbonyl (C=O) groups is 2. The Bertz CT molecular complexity index is 563. The summed E-state index contributed by atoms with van der Waals surface area (Å²) in [6.07, 6.45) is 0.726. The third-order valence-corrected chi connectivity index (χ3v) is 2.80. The Morgan fingerprint density at radius 3 is 2.60 bits per heavy atom. The molecule has 0 aliphatic heterocycles. The lowest BCUT2D eigenvalue weighted by molar-refractivity contribution is -0.146. The van der Waals surface area contributed by atoms with Gasteiger partial charge in [0.2, 0.25) is 0 Å². The molecule has 0 atom stereocenters. The second-order valence-electron chi connectivity index (χ2n) is 5.15. The monoisotopic (exact) mass is 281 g/mol. The molecule has 20 heavy (non-hydrogen) atoms. The van der Waals surface area contributed by atoms with Crippen molar-refractivity contribution in [2.75, 3.05) is 6.54 Å². The highest BCUT2D eigenvalue weighted by molar-refractivity contribution is 5.92. The second-order valence-corrected chi connectivity index (χ2v) is 5.15. The molecule has 0 fully saturated rings. The van der Waals surface area contributed by atoms with E-state index in [4.69, 9.17) is 5.11 Å². The Hall–Kier alpha value is -2.18. The molecule has 1 aromatic rings. The predicted molar refractivity (Wildman–Crippen MR) is 72.5 cm³/mol. The summed E-state index contributed by atoms with van der Waals surface area (Å²) in [4.78, 5) is 34.3. The third-order valence-electron chi connectivity index (χ3n) is 2.80. The van der Waals surface area contributed by atoms with Gasteiger partial charge in [-0.2, -0.15) is 5.10 Å². The van der Waals surface area contributed by atoms with Crippen molar-refractivity contribution < 1.29 is 14.7 Å². The quantitative estimate of drug-likeness (QED) is 0.790. The number of aromatic nitrogens is 2. The van der Waals surface area contributed by atoms with Gasteiger partial charge < -0.3 is 10.4 Å². The van der Waals surface area contributed by atoms with Crippen molar-refractivity contribution >= 4 is 11.9 Å². The van der Waals surface area contributed by atoms with Crippen LogP contribution < -0.4 is 10.9 Å². The average Bonchev–Trinajstić information content (AvgIpc) is 2.38. The summed E-state index contributed by atoms with van der Waals surface area (Å²) in [6.45, 7) is 5.34. The first-order valence-electron chi connectivity index (χ1n) is 6.37. The van der Waals surface area contributed by atoms with E-state index >= 15 is 0 Å². The maximum atomic E-state index is 11.9. The number of carboxylic acids is 1. The lowest BCUT2D eigenvalue weighted by Gasteiger charge is -2.19. The van der Waals surface area contributed by atoms with Gasteiger partial charge in [0.25, 0.3) is 11.5 Å². The number of rotatable bonds is 6. The molecule has 1 amide bonds. The summed E-state index contributed by atoms with van der Waals surface area (Å²) < 4.78 is 1.22. The second kappa shape index (κ2) is 6.31. The van der Waals surface area contributed by atoms with Crippen molar-refractivity contribution in [3.05, 3.63) is 28.2 Å². The zero-order valence-electron chi connectivity index (χ0n) is 11.8. The van der Waals surface area contributed by atoms with Crippen molar-refractivity contribution in [3.63, 3.8) is 0 Å². The fourth-order valence-electron chi connectivity index (χ4n) is 1.41. The molecule has 7 heteroatoms. The zero-order chi connectivity index (χ0) is 15.3. The van der Waals surface area contributed by atoms with Gasteiger partial charge in [-0.25, -0.2) is 4.68 Å². The summed E-state index contributed by atoms with van der Waals surface area (Å²) in [6, 6.07) is 2.61. The highest BCUT2D eigenvalue weighted by atomic mass is 16.4. The zero-order valence-corrected chi connectivity index (χ0v) is 11.8. The SMILES string of the molecule is CCCn1nc(C(=O)NCC(C)(C)C(=O)O)ccc1=O. The molecule has 0 bridgehead atoms. The number of nitrogens with zero attached hydrogens (tertiary/aromatic N) is 2. The van der Waals surface area contributed by atoms with Gasteiger partial charge in [-0.05, 0) is 26.3 Å². The fourth-order valence-corrected chi connectivity index (χ4v) is 1.41. The lowest BCUT2D eigenvalue weighted by atomic mass is 9.94. The number of carbonyl (C=O) groups excluding carboxylic acids is 1. The molecule has 0 aliphatic rings. The highest BCUT2D eigenvalue weighted by Gasteiger charge is 2.27. The normalized spacial score (nSPS) is 11.2. The number of hydrogen-bond acceptors (Lipinski definition) is 4. The van der Waals surface area contributed by atoms with Crippen LogP contribution in [0.3, 0.4) is 0 Å². The predicted octanol–water partition coefficient (Wildman–Crippen LogP) is 0.494. The minimum Gasteiger partial charge on any atom is -0.481 e. The topological polar surface area (TPSA) is 101 Å². The molecule has 1 heterocycles. The van der Waals surface area contributed by atoms with Crippen LogP contribution in [0.4, 0.5) is 0 Å². The number of nitrogens with one attached hydrogen (secondary N) is 1. The molecular weight excluding hydrogens is 262 g/mol. The van der Waals surface area contributed by atoms with Gasteiger partial charge in [0.1, 0.15) is 5.69 Å². The van der Waals surface area contributed by atoms with Gasteiger partial charge >= 0.3 is 5.97 Å². The summed E-state index contributed by atoms with van der Waals surface area (Å²) in [5.74, 6) is -1.49. The van der Waals surface area contributed by atoms with E-state index in [0.717, 1.165) is 6.42 Å². The molecule has 110 valence electrons. The molecule has 0 radical (unpaired) electrons. The van der Waals surface area contributed by atoms with Gasteiger partial charge in [0.05, 0.1) is 5.41 Å². The van der Waals surface area contributed by atoms with Crippen LogP contribution in [0.1, 0.15) is 37.7 Å². The van der Waals surface area contributed by atoms with Crippen LogP contribution in [0.5, 0.6) is 0 Å². The Morgan fingerprint density at radius 1 is 1.40 bits per heavy atom. The summed E-state index contributed by atoms with van der Waals surface area (Å²) in [7, 11) is 0. The molecule has 0 saturated carbocycles. The van der Waals surface area contributed by atoms with Crippen LogP contribution in [0.25, 0.3) is 0 Å². The van der Waals surface area contributed by atoms with Gasteiger partial charge in [0.15, 0.2) is 0 Å². The summed E-state index contributed by atoms with van der Waals surface area (Å²) >= 11 is 0. The Balaban J connectivity index is 2.81. The number of amides is 1. The van der Waals surface area contributed by atoms with E-state index in [1.165, 1.54) is 30.7 Å². The maximum Gasteiger partial charge on any atom is 0.310 e. The fraction of sp³-hybridized carbons (Fsp3) is 0.538. The minimum atomic E-state index is -1.06. The molecule has 1 rings (SSSR count). The number of carboxylic acid groups (broad SMARTS) is 1. The molecule has 0 unspecified atom stereocenters. The number of hydrogen-bond donors (Lipinski definition) is 2. The molecule has 0 spiro atoms. The van der Waals surface area contributed by atoms with Crippen molar-refractivity contribution in [2.45, 2.75) is 33.7 Å². The van der Waals surface area contributed by atoms with Crippen LogP contribution in [0, 0.1) is 5.41 Å². The molecular formula is C13H19N3O4. The van der Waals surface area contributed by atoms with E-state index in [0.29, 0.717) is 6.54 Å². The van der Waals surface area contributed by atoms with Gasteiger partial charge in [-0.3, -0.25) is 14.4 Å². The smallest absolute Gasteiger partial charge is 0.310 e. The van der Waals surface area contributed by atoms with Gasteiger partial charge in [0, 0.05) is 19.2 Å². The van der Waals surface area contributed by atoms with Crippen molar-refractivity contribution in [1.29, 1.82) is 0 Å². The van der Waals surface area contributed by atoms with E-state index in [1.807, 2.05) is 6.92 Å². The van der Waals surface area contributed by atoms with Crippen molar-refractivity contribution in [3.8, 4) is 0 Å². The van der Waals surface area contributed by atoms with E-state index in [-0.39, 0.29) is 17.8 Å². The molecule has 7 nitrogen and oxygen atoms in total. The molecule has 0 saturated heterocycles. The largest absolute Gasteiger partial charge is 0.481 e. The van der Waals surface area contributed by atoms with Crippen LogP contribution in [-0.2, 0) is 11.3 Å². The van der Waals surface area contributed by atoms with E-state index in [9.17, 15) is 14.4 Å². The first kappa shape index (κ1) is 15.9. The third kappa shape index (κ3) is 3.91. The van der Waals surface area contributed by atoms with Crippen molar-refractivity contribution in [1.82, 2.24) is 15.1 Å². The highest BCUT2D eigenvalue weighted by Crippen LogP contribution is 2.13. The number of aliphatic carboxylic acids is 1. The van der Waals surface area contributed by atoms with E-state index in [1.54, 1.807) is 0 Å². The van der Waals surface area contributed by atoms with Crippen LogP contribution >= 0.6 is 0 Å². The van der Waals surface area contributed by atoms with Gasteiger partial charge in [-0.15, -0.1) is 0 Å². The molecule has 2 N–H and O–H groups in total. The minimum absolute atomic E-state index is 0.0181. The van der Waals surface area contributed by atoms with Crippen LogP contribution in [-0.4, -0.2) is 33.3 Å². The Kier molecular flexibility index (Phi) is 5.01. The Labute approximate surface area is 116 Å². The van der Waals surface area contributed by atoms with Gasteiger partial charge in [-0.1, -0.05) is 6.92 Å². The number of aryl methyl sites for hydroxylation is 1. The Morgan fingerprint density at radius 2 is 2.05 bits per heavy atom. The van der Waals surface area contributed by atoms with E-state index in [2.05, 4.69) is 10.4 Å². The molecule has 0 aromatic carbocycles. The molecule has 0 aliphatic carbocycles. The first-order chi connectivity index (χ1) is 9.27. The summed E-state index contributed by atoms with van der Waals surface area (Å²) in [5.41, 5.74) is -1.23. The van der Waals surface area contributed by atoms with Crippen molar-refractivity contribution in [2.24, 2.45) is 5.41 Å². The van der Waals surface area contributed by atoms with Crippen LogP contribution in [0.2, 0.25) is 0 Å². The lowest BCUT2D eigenvalue weighted by Crippen LogP contribution is -2.39. The van der Waals surface area contributed by atoms with Crippen LogP contribution in [0.15, 0.2) is 16.9 Å². The standard InChI is InChI=1S/C13H19N3O4/c1-4-7-16-10(17)6-5-9(15-16)11(18)14-8-13(2,3)12(19)20/h5-6H,4,7-8H2,1-3H3,(H,14,18)(H,19,20).